The SMILES string of the molecule is NC(=O)c1ccccc1S(=O)(=O)C(Br)(Br)Br. The first-order valence-electron chi connectivity index (χ1n) is 3.88. The number of benzene rings is 1. The number of carbonyl (C=O) groups is 1. The Morgan fingerprint density at radius 1 is 1.19 bits per heavy atom. The molecule has 1 aromatic rings. The third-order valence-corrected chi connectivity index (χ3v) is 7.13. The summed E-state index contributed by atoms with van der Waals surface area (Å²) in [5.74, 6) is -0.795. The second kappa shape index (κ2) is 4.75. The van der Waals surface area contributed by atoms with Crippen molar-refractivity contribution >= 4 is 63.5 Å². The van der Waals surface area contributed by atoms with Crippen LogP contribution in [0.3, 0.4) is 0 Å². The van der Waals surface area contributed by atoms with Crippen molar-refractivity contribution in [2.24, 2.45) is 5.73 Å². The van der Waals surface area contributed by atoms with Crippen molar-refractivity contribution in [1.29, 1.82) is 0 Å². The van der Waals surface area contributed by atoms with E-state index in [1.807, 2.05) is 0 Å². The first-order valence-corrected chi connectivity index (χ1v) is 7.74. The summed E-state index contributed by atoms with van der Waals surface area (Å²) in [7, 11) is -3.80. The lowest BCUT2D eigenvalue weighted by Crippen LogP contribution is -2.23. The molecule has 1 amide bonds. The van der Waals surface area contributed by atoms with Gasteiger partial charge in [-0.1, -0.05) is 12.1 Å². The third kappa shape index (κ3) is 2.66. The molecule has 0 saturated carbocycles. The van der Waals surface area contributed by atoms with E-state index in [1.165, 1.54) is 24.3 Å². The molecule has 2 N–H and O–H groups in total. The van der Waals surface area contributed by atoms with Gasteiger partial charge in [0.2, 0.25) is 17.2 Å². The van der Waals surface area contributed by atoms with Crippen LogP contribution in [0.2, 0.25) is 0 Å². The van der Waals surface area contributed by atoms with Crippen LogP contribution in [-0.2, 0) is 9.84 Å². The van der Waals surface area contributed by atoms with Gasteiger partial charge in [-0.15, -0.1) is 0 Å². The van der Waals surface area contributed by atoms with Crippen LogP contribution in [0.25, 0.3) is 0 Å². The third-order valence-electron chi connectivity index (χ3n) is 1.75. The van der Waals surface area contributed by atoms with Crippen molar-refractivity contribution in [3.8, 4) is 0 Å². The molecule has 0 unspecified atom stereocenters. The predicted molar refractivity (Wildman–Crippen MR) is 71.7 cm³/mol. The zero-order chi connectivity index (χ0) is 12.6. The smallest absolute Gasteiger partial charge is 0.250 e. The molecule has 0 atom stereocenters. The van der Waals surface area contributed by atoms with Crippen LogP contribution in [0.5, 0.6) is 0 Å². The second-order valence-corrected chi connectivity index (χ2v) is 13.2. The molecule has 88 valence electrons. The molecule has 0 spiro atoms. The highest BCUT2D eigenvalue weighted by Gasteiger charge is 2.39. The minimum atomic E-state index is -3.80. The number of alkyl halides is 3. The van der Waals surface area contributed by atoms with E-state index in [2.05, 4.69) is 47.8 Å². The normalized spacial score (nSPS) is 12.4. The molecule has 0 aliphatic carbocycles. The van der Waals surface area contributed by atoms with E-state index in [4.69, 9.17) is 5.73 Å². The van der Waals surface area contributed by atoms with Gasteiger partial charge in [0.05, 0.1) is 10.5 Å². The van der Waals surface area contributed by atoms with Crippen molar-refractivity contribution in [1.82, 2.24) is 0 Å². The number of sulfone groups is 1. The monoisotopic (exact) mass is 433 g/mol. The maximum atomic E-state index is 12.0. The zero-order valence-electron chi connectivity index (χ0n) is 7.65. The fraction of sp³-hybridized carbons (Fsp3) is 0.125. The summed E-state index contributed by atoms with van der Waals surface area (Å²) in [6.07, 6.45) is 0. The predicted octanol–water partition coefficient (Wildman–Crippen LogP) is 2.36. The fourth-order valence-corrected chi connectivity index (χ4v) is 3.56. The zero-order valence-corrected chi connectivity index (χ0v) is 13.2. The van der Waals surface area contributed by atoms with Gasteiger partial charge in [0.25, 0.3) is 0 Å². The van der Waals surface area contributed by atoms with Crippen LogP contribution in [0, 0.1) is 0 Å². The van der Waals surface area contributed by atoms with Gasteiger partial charge in [-0.25, -0.2) is 8.42 Å². The molecular formula is C8H6Br3NO3S. The Labute approximate surface area is 118 Å². The lowest BCUT2D eigenvalue weighted by Gasteiger charge is -2.15. The van der Waals surface area contributed by atoms with E-state index in [0.717, 1.165) is 0 Å². The van der Waals surface area contributed by atoms with E-state index in [-0.39, 0.29) is 10.5 Å². The molecule has 0 aliphatic heterocycles. The van der Waals surface area contributed by atoms with E-state index in [0.29, 0.717) is 0 Å². The van der Waals surface area contributed by atoms with Gasteiger partial charge < -0.3 is 5.73 Å². The van der Waals surface area contributed by atoms with Gasteiger partial charge in [-0.2, -0.15) is 0 Å². The quantitative estimate of drug-likeness (QED) is 0.724. The molecule has 0 aliphatic rings. The minimum Gasteiger partial charge on any atom is -0.366 e. The molecule has 0 bridgehead atoms. The summed E-state index contributed by atoms with van der Waals surface area (Å²) in [6, 6.07) is 5.72. The Morgan fingerprint density at radius 2 is 1.69 bits per heavy atom. The highest BCUT2D eigenvalue weighted by Crippen LogP contribution is 2.43. The first kappa shape index (κ1) is 14.1. The molecule has 0 heterocycles. The van der Waals surface area contributed by atoms with E-state index >= 15 is 0 Å². The van der Waals surface area contributed by atoms with Crippen molar-refractivity contribution in [3.63, 3.8) is 0 Å². The van der Waals surface area contributed by atoms with E-state index in [9.17, 15) is 13.2 Å². The molecule has 0 saturated heterocycles. The molecule has 16 heavy (non-hydrogen) atoms. The number of halogens is 3. The minimum absolute atomic E-state index is 0.0507. The van der Waals surface area contributed by atoms with Crippen molar-refractivity contribution in [2.75, 3.05) is 0 Å². The van der Waals surface area contributed by atoms with Gasteiger partial charge in [0, 0.05) is 0 Å². The van der Waals surface area contributed by atoms with Gasteiger partial charge in [0.1, 0.15) is 0 Å². The summed E-state index contributed by atoms with van der Waals surface area (Å²) in [5, 5.41) is 0. The van der Waals surface area contributed by atoms with Gasteiger partial charge >= 0.3 is 0 Å². The fourth-order valence-electron chi connectivity index (χ4n) is 1.03. The number of amides is 1. The Hall–Kier alpha value is 0.0800. The maximum absolute atomic E-state index is 12.0. The highest BCUT2D eigenvalue weighted by atomic mass is 80.0. The molecule has 0 aromatic heterocycles. The summed E-state index contributed by atoms with van der Waals surface area (Å²) >= 11 is 8.74. The summed E-state index contributed by atoms with van der Waals surface area (Å²) in [6.45, 7) is 0. The molecule has 8 heteroatoms. The number of carbonyl (C=O) groups excluding carboxylic acids is 1. The van der Waals surface area contributed by atoms with Gasteiger partial charge in [-0.3, -0.25) is 4.79 Å². The molecule has 4 nitrogen and oxygen atoms in total. The van der Waals surface area contributed by atoms with Crippen LogP contribution in [0.4, 0.5) is 0 Å². The summed E-state index contributed by atoms with van der Waals surface area (Å²) in [5.41, 5.74) is 5.05. The standard InChI is InChI=1S/C8H6Br3NO3S/c9-8(10,11)16(14,15)6-4-2-1-3-5(6)7(12)13/h1-4H,(H2,12,13). The number of hydrogen-bond acceptors (Lipinski definition) is 3. The second-order valence-electron chi connectivity index (χ2n) is 2.81. The van der Waals surface area contributed by atoms with Crippen LogP contribution in [0.15, 0.2) is 29.2 Å². The van der Waals surface area contributed by atoms with Crippen molar-refractivity contribution in [3.05, 3.63) is 29.8 Å². The van der Waals surface area contributed by atoms with E-state index in [1.54, 1.807) is 0 Å². The molecule has 0 fully saturated rings. The lowest BCUT2D eigenvalue weighted by molar-refractivity contribution is 0.0997. The molecule has 1 aromatic carbocycles. The Kier molecular flexibility index (Phi) is 4.20. The Balaban J connectivity index is 3.52. The number of rotatable bonds is 2. The topological polar surface area (TPSA) is 77.2 Å². The highest BCUT2D eigenvalue weighted by molar-refractivity contribution is 9.42. The number of primary amides is 1. The average Bonchev–Trinajstić information content (AvgIpc) is 2.16. The van der Waals surface area contributed by atoms with Gasteiger partial charge in [0.15, 0.2) is 0 Å². The number of nitrogens with two attached hydrogens (primary N) is 1. The molecular weight excluding hydrogens is 430 g/mol. The molecule has 0 radical (unpaired) electrons. The summed E-state index contributed by atoms with van der Waals surface area (Å²) in [4.78, 5) is 11.0. The molecule has 1 rings (SSSR count). The number of hydrogen-bond donors (Lipinski definition) is 1. The van der Waals surface area contributed by atoms with Gasteiger partial charge in [-0.05, 0) is 59.9 Å². The largest absolute Gasteiger partial charge is 0.366 e. The van der Waals surface area contributed by atoms with Crippen LogP contribution in [0.1, 0.15) is 10.4 Å². The van der Waals surface area contributed by atoms with Crippen LogP contribution >= 0.6 is 47.8 Å². The van der Waals surface area contributed by atoms with E-state index < -0.39 is 17.2 Å². The Bertz CT molecular complexity index is 522. The van der Waals surface area contributed by atoms with Crippen LogP contribution < -0.4 is 5.73 Å². The van der Waals surface area contributed by atoms with Crippen molar-refractivity contribution in [2.45, 2.75) is 6.37 Å². The van der Waals surface area contributed by atoms with Crippen molar-refractivity contribution < 1.29 is 13.2 Å². The Morgan fingerprint density at radius 3 is 2.12 bits per heavy atom. The maximum Gasteiger partial charge on any atom is 0.250 e. The average molecular weight is 436 g/mol. The van der Waals surface area contributed by atoms with Crippen LogP contribution in [-0.4, -0.2) is 15.8 Å². The first-order chi connectivity index (χ1) is 7.18. The lowest BCUT2D eigenvalue weighted by atomic mass is 10.2. The summed E-state index contributed by atoms with van der Waals surface area (Å²) < 4.78 is 22.5.